The normalized spacial score (nSPS) is 25.7. The van der Waals surface area contributed by atoms with Crippen LogP contribution in [0.2, 0.25) is 0 Å². The Kier molecular flexibility index (Phi) is 3.83. The van der Waals surface area contributed by atoms with E-state index in [4.69, 9.17) is 9.47 Å². The van der Waals surface area contributed by atoms with Crippen molar-refractivity contribution in [1.29, 1.82) is 0 Å². The number of amides is 1. The Morgan fingerprint density at radius 1 is 1.29 bits per heavy atom. The minimum absolute atomic E-state index is 0.323. The van der Waals surface area contributed by atoms with Crippen molar-refractivity contribution in [3.05, 3.63) is 47.7 Å². The molecule has 3 rings (SSSR count). The zero-order valence-corrected chi connectivity index (χ0v) is 13.8. The maximum absolute atomic E-state index is 12.8. The maximum Gasteiger partial charge on any atom is 0.337 e. The lowest BCUT2D eigenvalue weighted by Crippen LogP contribution is -2.59. The summed E-state index contributed by atoms with van der Waals surface area (Å²) in [7, 11) is 2.83. The summed E-state index contributed by atoms with van der Waals surface area (Å²) in [5, 5.41) is 10.4. The Balaban J connectivity index is 2.21. The minimum Gasteiger partial charge on any atom is -0.503 e. The van der Waals surface area contributed by atoms with Crippen LogP contribution < -0.4 is 9.64 Å². The number of hydrogen-bond acceptors (Lipinski definition) is 5. The maximum atomic E-state index is 12.8. The van der Waals surface area contributed by atoms with Gasteiger partial charge < -0.3 is 14.6 Å². The van der Waals surface area contributed by atoms with Crippen molar-refractivity contribution in [2.75, 3.05) is 19.1 Å². The smallest absolute Gasteiger partial charge is 0.337 e. The highest BCUT2D eigenvalue weighted by Crippen LogP contribution is 2.48. The molecule has 1 heterocycles. The Morgan fingerprint density at radius 2 is 1.96 bits per heavy atom. The van der Waals surface area contributed by atoms with Gasteiger partial charge in [-0.1, -0.05) is 19.1 Å². The van der Waals surface area contributed by atoms with E-state index in [1.165, 1.54) is 12.0 Å². The van der Waals surface area contributed by atoms with Crippen LogP contribution in [0.4, 0.5) is 5.69 Å². The summed E-state index contributed by atoms with van der Waals surface area (Å²) in [6.07, 6.45) is 4.04. The molecule has 2 aliphatic rings. The van der Waals surface area contributed by atoms with Gasteiger partial charge in [0, 0.05) is 17.2 Å². The molecular weight excluding hydrogens is 310 g/mol. The second-order valence-electron chi connectivity index (χ2n) is 5.84. The number of fused-ring (bicyclic) bond motifs is 1. The minimum atomic E-state index is -1.36. The van der Waals surface area contributed by atoms with Crippen molar-refractivity contribution in [2.45, 2.75) is 18.9 Å². The molecule has 0 saturated heterocycles. The van der Waals surface area contributed by atoms with Gasteiger partial charge in [0.05, 0.1) is 14.2 Å². The van der Waals surface area contributed by atoms with Crippen LogP contribution in [0.25, 0.3) is 0 Å². The molecule has 0 aromatic heterocycles. The van der Waals surface area contributed by atoms with Crippen molar-refractivity contribution in [3.8, 4) is 5.75 Å². The first-order valence-corrected chi connectivity index (χ1v) is 7.64. The van der Waals surface area contributed by atoms with Crippen molar-refractivity contribution in [1.82, 2.24) is 0 Å². The molecule has 1 aromatic rings. The molecule has 1 N–H and O–H groups in total. The van der Waals surface area contributed by atoms with Crippen LogP contribution in [0.3, 0.4) is 0 Å². The molecule has 0 saturated carbocycles. The third-order valence-corrected chi connectivity index (χ3v) is 4.74. The second-order valence-corrected chi connectivity index (χ2v) is 5.84. The lowest BCUT2D eigenvalue weighted by Gasteiger charge is -2.42. The zero-order chi connectivity index (χ0) is 17.5. The number of aliphatic hydroxyl groups is 1. The van der Waals surface area contributed by atoms with Crippen molar-refractivity contribution >= 4 is 17.6 Å². The van der Waals surface area contributed by atoms with Gasteiger partial charge in [-0.3, -0.25) is 9.69 Å². The van der Waals surface area contributed by atoms with Crippen molar-refractivity contribution in [2.24, 2.45) is 5.92 Å². The molecule has 0 radical (unpaired) electrons. The quantitative estimate of drug-likeness (QED) is 0.680. The summed E-state index contributed by atoms with van der Waals surface area (Å²) >= 11 is 0. The first-order chi connectivity index (χ1) is 11.5. The van der Waals surface area contributed by atoms with E-state index in [-0.39, 0.29) is 11.7 Å². The Bertz CT molecular complexity index is 749. The molecule has 6 nitrogen and oxygen atoms in total. The average Bonchev–Trinajstić information content (AvgIpc) is 2.84. The summed E-state index contributed by atoms with van der Waals surface area (Å²) in [5.74, 6) is -1.26. The Hall–Kier alpha value is -2.76. The Labute approximate surface area is 140 Å². The Morgan fingerprint density at radius 3 is 2.54 bits per heavy atom. The van der Waals surface area contributed by atoms with Gasteiger partial charge in [0.15, 0.2) is 11.3 Å². The molecule has 1 aromatic carbocycles. The number of nitrogens with zero attached hydrogens (tertiary/aromatic N) is 1. The summed E-state index contributed by atoms with van der Waals surface area (Å²) in [6, 6.07) is 6.77. The van der Waals surface area contributed by atoms with Gasteiger partial charge in [-0.15, -0.1) is 0 Å². The highest BCUT2D eigenvalue weighted by molar-refractivity contribution is 6.16. The van der Waals surface area contributed by atoms with E-state index in [1.54, 1.807) is 31.4 Å². The number of rotatable bonds is 3. The third kappa shape index (κ3) is 1.95. The number of allylic oxidation sites excluding steroid dienone is 1. The molecule has 0 bridgehead atoms. The fraction of sp³-hybridized carbons (Fsp3) is 0.333. The van der Waals surface area contributed by atoms with Crippen LogP contribution in [-0.4, -0.2) is 36.7 Å². The second kappa shape index (κ2) is 5.70. The summed E-state index contributed by atoms with van der Waals surface area (Å²) in [4.78, 5) is 26.8. The van der Waals surface area contributed by atoms with Gasteiger partial charge in [0.2, 0.25) is 0 Å². The summed E-state index contributed by atoms with van der Waals surface area (Å²) in [6.45, 7) is 1.83. The molecule has 2 atom stereocenters. The highest BCUT2D eigenvalue weighted by Gasteiger charge is 2.61. The SMILES string of the molecule is COC(=O)[C@@]12C(=C(O)C(=O)N1c1ccc(OC)cc1)CC=CC2C. The molecule has 126 valence electrons. The monoisotopic (exact) mass is 329 g/mol. The van der Waals surface area contributed by atoms with Crippen LogP contribution in [0, 0.1) is 5.92 Å². The predicted molar refractivity (Wildman–Crippen MR) is 87.8 cm³/mol. The van der Waals surface area contributed by atoms with Crippen LogP contribution >= 0.6 is 0 Å². The van der Waals surface area contributed by atoms with E-state index in [1.807, 2.05) is 19.1 Å². The third-order valence-electron chi connectivity index (χ3n) is 4.74. The van der Waals surface area contributed by atoms with E-state index >= 15 is 0 Å². The van der Waals surface area contributed by atoms with Crippen molar-refractivity contribution < 1.29 is 24.2 Å². The number of anilines is 1. The first kappa shape index (κ1) is 16.1. The topological polar surface area (TPSA) is 76.1 Å². The van der Waals surface area contributed by atoms with Gasteiger partial charge in [-0.25, -0.2) is 4.79 Å². The lowest BCUT2D eigenvalue weighted by atomic mass is 9.73. The number of hydrogen-bond donors (Lipinski definition) is 1. The summed E-state index contributed by atoms with van der Waals surface area (Å²) in [5.41, 5.74) is -0.487. The van der Waals surface area contributed by atoms with E-state index in [0.717, 1.165) is 0 Å². The molecular formula is C18H19NO5. The molecule has 1 amide bonds. The van der Waals surface area contributed by atoms with Gasteiger partial charge in [0.1, 0.15) is 5.75 Å². The van der Waals surface area contributed by atoms with Crippen molar-refractivity contribution in [3.63, 3.8) is 0 Å². The molecule has 1 aliphatic heterocycles. The number of esters is 1. The largest absolute Gasteiger partial charge is 0.503 e. The van der Waals surface area contributed by atoms with E-state index < -0.39 is 17.4 Å². The number of methoxy groups -OCH3 is 2. The lowest BCUT2D eigenvalue weighted by molar-refractivity contribution is -0.147. The highest BCUT2D eigenvalue weighted by atomic mass is 16.5. The number of ether oxygens (including phenoxy) is 2. The molecule has 1 aliphatic carbocycles. The zero-order valence-electron chi connectivity index (χ0n) is 13.8. The molecule has 0 fully saturated rings. The van der Waals surface area contributed by atoms with Gasteiger partial charge >= 0.3 is 5.97 Å². The fourth-order valence-corrected chi connectivity index (χ4v) is 3.58. The fourth-order valence-electron chi connectivity index (χ4n) is 3.58. The van der Waals surface area contributed by atoms with E-state index in [0.29, 0.717) is 23.4 Å². The van der Waals surface area contributed by atoms with E-state index in [2.05, 4.69) is 0 Å². The van der Waals surface area contributed by atoms with Gasteiger partial charge in [-0.2, -0.15) is 0 Å². The molecule has 1 unspecified atom stereocenters. The number of carbonyl (C=O) groups excluding carboxylic acids is 2. The van der Waals surface area contributed by atoms with Crippen LogP contribution in [0.1, 0.15) is 13.3 Å². The number of carbonyl (C=O) groups is 2. The number of aliphatic hydroxyl groups excluding tert-OH is 1. The van der Waals surface area contributed by atoms with Crippen LogP contribution in [0.5, 0.6) is 5.75 Å². The molecule has 0 spiro atoms. The van der Waals surface area contributed by atoms with E-state index in [9.17, 15) is 14.7 Å². The average molecular weight is 329 g/mol. The van der Waals surface area contributed by atoms with Crippen LogP contribution in [0.15, 0.2) is 47.7 Å². The van der Waals surface area contributed by atoms with Crippen LogP contribution in [-0.2, 0) is 14.3 Å². The predicted octanol–water partition coefficient (Wildman–Crippen LogP) is 2.36. The van der Waals surface area contributed by atoms with Gasteiger partial charge in [-0.05, 0) is 30.7 Å². The van der Waals surface area contributed by atoms with Gasteiger partial charge in [0.25, 0.3) is 5.91 Å². The number of benzene rings is 1. The standard InChI is InChI=1S/C18H19NO5/c1-11-5-4-6-14-15(20)16(21)19(18(11,14)17(22)24-3)12-7-9-13(23-2)10-8-12/h4-5,7-11,20H,6H2,1-3H3/t11?,18-/m1/s1. The molecule has 6 heteroatoms. The first-order valence-electron chi connectivity index (χ1n) is 7.64. The summed E-state index contributed by atoms with van der Waals surface area (Å²) < 4.78 is 10.2. The molecule has 24 heavy (non-hydrogen) atoms.